The number of hydrogen-bond donors (Lipinski definition) is 4. The van der Waals surface area contributed by atoms with Gasteiger partial charge in [0, 0.05) is 13.0 Å². The molecule has 5 N–H and O–H groups in total. The van der Waals surface area contributed by atoms with Crippen molar-refractivity contribution < 1.29 is 28.4 Å². The van der Waals surface area contributed by atoms with Crippen molar-refractivity contribution in [3.8, 4) is 0 Å². The van der Waals surface area contributed by atoms with E-state index in [-0.39, 0.29) is 25.7 Å². The van der Waals surface area contributed by atoms with E-state index < -0.39 is 20.0 Å². The summed E-state index contributed by atoms with van der Waals surface area (Å²) in [4.78, 5) is 22.6. The van der Waals surface area contributed by atoms with Crippen LogP contribution >= 0.6 is 7.82 Å². The first kappa shape index (κ1) is 49.0. The van der Waals surface area contributed by atoms with Gasteiger partial charge in [-0.05, 0) is 32.1 Å². The van der Waals surface area contributed by atoms with Crippen molar-refractivity contribution in [2.75, 3.05) is 19.8 Å². The van der Waals surface area contributed by atoms with Crippen molar-refractivity contribution in [3.63, 3.8) is 0 Å². The number of amides is 1. The predicted molar refractivity (Wildman–Crippen MR) is 212 cm³/mol. The van der Waals surface area contributed by atoms with Crippen molar-refractivity contribution in [2.24, 2.45) is 5.73 Å². The van der Waals surface area contributed by atoms with Gasteiger partial charge < -0.3 is 21.1 Å². The maximum atomic E-state index is 12.7. The summed E-state index contributed by atoms with van der Waals surface area (Å²) in [5.74, 6) is -0.203. The van der Waals surface area contributed by atoms with E-state index in [1.807, 2.05) is 6.08 Å². The normalized spacial score (nSPS) is 14.4. The number of aliphatic hydroxyl groups is 1. The average Bonchev–Trinajstić information content (AvgIpc) is 3.10. The Bertz CT molecular complexity index is 840. The third-order valence-corrected chi connectivity index (χ3v) is 10.3. The number of phosphoric ester groups is 1. The lowest BCUT2D eigenvalue weighted by Crippen LogP contribution is -2.45. The molecular formula is C41H81N2O6P. The molecule has 0 spiro atoms. The number of allylic oxidation sites excluding steroid dienone is 3. The largest absolute Gasteiger partial charge is 0.472 e. The number of carbonyl (C=O) groups excluding carboxylic acids is 1. The molecular weight excluding hydrogens is 647 g/mol. The average molecular weight is 729 g/mol. The molecule has 0 aliphatic carbocycles. The lowest BCUT2D eigenvalue weighted by Gasteiger charge is -2.23. The van der Waals surface area contributed by atoms with E-state index in [9.17, 15) is 19.4 Å². The van der Waals surface area contributed by atoms with E-state index in [0.717, 1.165) is 38.5 Å². The molecule has 0 saturated carbocycles. The molecule has 0 fully saturated rings. The Morgan fingerprint density at radius 2 is 1.06 bits per heavy atom. The van der Waals surface area contributed by atoms with Crippen molar-refractivity contribution in [3.05, 3.63) is 24.3 Å². The molecule has 296 valence electrons. The summed E-state index contributed by atoms with van der Waals surface area (Å²) in [5.41, 5.74) is 5.36. The zero-order chi connectivity index (χ0) is 36.8. The molecule has 0 saturated heterocycles. The SMILES string of the molecule is CCCCCCCC/C=C/CC/C=C/C(O)C(COP(=O)(O)OCCN)NC(=O)CCCCCCCCCCCCCCCCCCCCC. The fraction of sp³-hybridized carbons (Fsp3) is 0.878. The summed E-state index contributed by atoms with van der Waals surface area (Å²) < 4.78 is 22.0. The molecule has 3 atom stereocenters. The molecule has 0 aromatic rings. The molecule has 0 bridgehead atoms. The van der Waals surface area contributed by atoms with Crippen LogP contribution < -0.4 is 11.1 Å². The number of carbonyl (C=O) groups is 1. The fourth-order valence-corrected chi connectivity index (χ4v) is 6.85. The highest BCUT2D eigenvalue weighted by molar-refractivity contribution is 7.47. The first-order valence-electron chi connectivity index (χ1n) is 21.0. The zero-order valence-electron chi connectivity index (χ0n) is 32.6. The molecule has 0 heterocycles. The molecule has 0 aliphatic heterocycles. The van der Waals surface area contributed by atoms with E-state index in [4.69, 9.17) is 14.8 Å². The van der Waals surface area contributed by atoms with Crippen molar-refractivity contribution in [1.29, 1.82) is 0 Å². The van der Waals surface area contributed by atoms with Crippen molar-refractivity contribution in [2.45, 2.75) is 212 Å². The van der Waals surface area contributed by atoms with Gasteiger partial charge >= 0.3 is 7.82 Å². The number of nitrogens with one attached hydrogen (secondary N) is 1. The van der Waals surface area contributed by atoms with Gasteiger partial charge in [0.05, 0.1) is 25.4 Å². The topological polar surface area (TPSA) is 131 Å². The van der Waals surface area contributed by atoms with Crippen LogP contribution in [0.25, 0.3) is 0 Å². The molecule has 0 rings (SSSR count). The number of phosphoric acid groups is 1. The van der Waals surface area contributed by atoms with Gasteiger partial charge in [0.1, 0.15) is 0 Å². The van der Waals surface area contributed by atoms with Gasteiger partial charge in [-0.15, -0.1) is 0 Å². The third-order valence-electron chi connectivity index (χ3n) is 9.28. The fourth-order valence-electron chi connectivity index (χ4n) is 6.09. The molecule has 8 nitrogen and oxygen atoms in total. The molecule has 0 aromatic carbocycles. The van der Waals surface area contributed by atoms with Gasteiger partial charge in [-0.25, -0.2) is 4.57 Å². The monoisotopic (exact) mass is 729 g/mol. The third kappa shape index (κ3) is 35.4. The van der Waals surface area contributed by atoms with Crippen LogP contribution in [0, 0.1) is 0 Å². The van der Waals surface area contributed by atoms with Gasteiger partial charge in [0.25, 0.3) is 0 Å². The van der Waals surface area contributed by atoms with Gasteiger partial charge in [-0.1, -0.05) is 186 Å². The molecule has 50 heavy (non-hydrogen) atoms. The number of hydrogen-bond acceptors (Lipinski definition) is 6. The highest BCUT2D eigenvalue weighted by Gasteiger charge is 2.26. The number of nitrogens with two attached hydrogens (primary N) is 1. The Kier molecular flexibility index (Phi) is 37.0. The summed E-state index contributed by atoms with van der Waals surface area (Å²) in [5, 5.41) is 13.6. The van der Waals surface area contributed by atoms with E-state index in [0.29, 0.717) is 6.42 Å². The second-order valence-corrected chi connectivity index (χ2v) is 15.7. The van der Waals surface area contributed by atoms with Gasteiger partial charge in [0.15, 0.2) is 0 Å². The number of rotatable bonds is 39. The zero-order valence-corrected chi connectivity index (χ0v) is 33.5. The van der Waals surface area contributed by atoms with Crippen LogP contribution in [0.3, 0.4) is 0 Å². The van der Waals surface area contributed by atoms with Gasteiger partial charge in [-0.2, -0.15) is 0 Å². The van der Waals surface area contributed by atoms with Gasteiger partial charge in [-0.3, -0.25) is 13.8 Å². The predicted octanol–water partition coefficient (Wildman–Crippen LogP) is 11.4. The Hall–Kier alpha value is -1.02. The van der Waals surface area contributed by atoms with Crippen LogP contribution in [0.2, 0.25) is 0 Å². The van der Waals surface area contributed by atoms with Crippen LogP contribution in [0.4, 0.5) is 0 Å². The summed E-state index contributed by atoms with van der Waals surface area (Å²) >= 11 is 0. The van der Waals surface area contributed by atoms with Crippen LogP contribution in [0.1, 0.15) is 200 Å². The Labute approximate surface area is 308 Å². The second kappa shape index (κ2) is 37.7. The van der Waals surface area contributed by atoms with Crippen LogP contribution in [0.15, 0.2) is 24.3 Å². The van der Waals surface area contributed by atoms with Crippen LogP contribution in [-0.2, 0) is 18.4 Å². The van der Waals surface area contributed by atoms with E-state index in [2.05, 4.69) is 31.3 Å². The molecule has 3 unspecified atom stereocenters. The Balaban J connectivity index is 4.19. The standard InChI is InChI=1S/C41H81N2O6P/c1-3-5-7-9-11-13-15-17-18-19-20-21-22-23-25-27-29-31-33-35-41(45)43-39(38-49-50(46,47)48-37-36-42)40(44)34-32-30-28-26-24-16-14-12-10-8-6-4-2/h24,26,32,34,39-40,44H,3-23,25,27-31,33,35-38,42H2,1-2H3,(H,43,45)(H,46,47)/b26-24+,34-32+. The Morgan fingerprint density at radius 1 is 0.640 bits per heavy atom. The van der Waals surface area contributed by atoms with E-state index in [1.54, 1.807) is 6.08 Å². The molecule has 0 radical (unpaired) electrons. The van der Waals surface area contributed by atoms with E-state index >= 15 is 0 Å². The molecule has 9 heteroatoms. The second-order valence-electron chi connectivity index (χ2n) is 14.2. The van der Waals surface area contributed by atoms with Crippen LogP contribution in [0.5, 0.6) is 0 Å². The highest BCUT2D eigenvalue weighted by atomic mass is 31.2. The van der Waals surface area contributed by atoms with Gasteiger partial charge in [0.2, 0.25) is 5.91 Å². The summed E-state index contributed by atoms with van der Waals surface area (Å²) in [6.45, 7) is 4.10. The maximum Gasteiger partial charge on any atom is 0.472 e. The smallest absolute Gasteiger partial charge is 0.387 e. The number of unbranched alkanes of at least 4 members (excludes halogenated alkanes) is 25. The lowest BCUT2D eigenvalue weighted by atomic mass is 10.0. The quantitative estimate of drug-likeness (QED) is 0.0281. The van der Waals surface area contributed by atoms with E-state index in [1.165, 1.54) is 141 Å². The molecule has 0 aromatic heterocycles. The lowest BCUT2D eigenvalue weighted by molar-refractivity contribution is -0.123. The van der Waals surface area contributed by atoms with Crippen molar-refractivity contribution >= 4 is 13.7 Å². The van der Waals surface area contributed by atoms with Crippen LogP contribution in [-0.4, -0.2) is 47.8 Å². The minimum atomic E-state index is -4.34. The summed E-state index contributed by atoms with van der Waals surface area (Å²) in [6.07, 6.45) is 42.3. The number of aliphatic hydroxyl groups excluding tert-OH is 1. The molecule has 1 amide bonds. The first-order chi connectivity index (χ1) is 24.4. The highest BCUT2D eigenvalue weighted by Crippen LogP contribution is 2.43. The van der Waals surface area contributed by atoms with Crippen molar-refractivity contribution in [1.82, 2.24) is 5.32 Å². The minimum absolute atomic E-state index is 0.0757. The minimum Gasteiger partial charge on any atom is -0.387 e. The first-order valence-corrected chi connectivity index (χ1v) is 22.5. The summed E-state index contributed by atoms with van der Waals surface area (Å²) in [6, 6.07) is -0.871. The maximum absolute atomic E-state index is 12.7. The Morgan fingerprint density at radius 3 is 1.54 bits per heavy atom. The summed E-state index contributed by atoms with van der Waals surface area (Å²) in [7, 11) is -4.34. The molecule has 0 aliphatic rings.